The Balaban J connectivity index is 2.03. The van der Waals surface area contributed by atoms with E-state index in [0.29, 0.717) is 0 Å². The van der Waals surface area contributed by atoms with Gasteiger partial charge in [-0.15, -0.1) is 0 Å². The normalized spacial score (nSPS) is 10.9. The number of benzene rings is 4. The Morgan fingerprint density at radius 2 is 1.00 bits per heavy atom. The van der Waals surface area contributed by atoms with E-state index in [1.165, 1.54) is 66.6 Å². The second-order valence-corrected chi connectivity index (χ2v) is 10.1. The standard InChI is InChI=1S/C32H36BN/c1-21-17-23(3)31(24(4)18-21)33(32-25(5)19-22(2)20-26(32)6)30-12-10-9-11-29(30)27-13-15-28(16-14-27)34(7)8/h9-20H,1-8H3. The van der Waals surface area contributed by atoms with Crippen molar-refractivity contribution < 1.29 is 0 Å². The Hall–Kier alpha value is -3.26. The average Bonchev–Trinajstić information content (AvgIpc) is 2.77. The van der Waals surface area contributed by atoms with Crippen LogP contribution in [0.3, 0.4) is 0 Å². The highest BCUT2D eigenvalue weighted by atomic mass is 15.1. The lowest BCUT2D eigenvalue weighted by atomic mass is 9.33. The summed E-state index contributed by atoms with van der Waals surface area (Å²) in [6.45, 7) is 13.7. The van der Waals surface area contributed by atoms with Gasteiger partial charge < -0.3 is 4.90 Å². The predicted octanol–water partition coefficient (Wildman–Crippen LogP) is 5.79. The van der Waals surface area contributed by atoms with E-state index in [-0.39, 0.29) is 6.71 Å². The van der Waals surface area contributed by atoms with Crippen LogP contribution in [0.1, 0.15) is 33.4 Å². The third-order valence-corrected chi connectivity index (χ3v) is 7.02. The van der Waals surface area contributed by atoms with Crippen LogP contribution in [0, 0.1) is 41.5 Å². The molecule has 0 saturated carbocycles. The molecule has 0 heterocycles. The average molecular weight is 445 g/mol. The van der Waals surface area contributed by atoms with Gasteiger partial charge in [-0.1, -0.05) is 110 Å². The molecule has 0 bridgehead atoms. The van der Waals surface area contributed by atoms with Crippen molar-refractivity contribution in [2.24, 2.45) is 0 Å². The minimum absolute atomic E-state index is 0.172. The van der Waals surface area contributed by atoms with Crippen molar-refractivity contribution in [1.82, 2.24) is 0 Å². The number of rotatable bonds is 5. The third-order valence-electron chi connectivity index (χ3n) is 7.02. The number of aryl methyl sites for hydroxylation is 6. The molecule has 0 unspecified atom stereocenters. The van der Waals surface area contributed by atoms with Crippen LogP contribution >= 0.6 is 0 Å². The zero-order valence-electron chi connectivity index (χ0n) is 22.0. The van der Waals surface area contributed by atoms with Crippen LogP contribution in [-0.4, -0.2) is 20.8 Å². The van der Waals surface area contributed by atoms with Crippen molar-refractivity contribution in [2.45, 2.75) is 41.5 Å². The van der Waals surface area contributed by atoms with E-state index >= 15 is 0 Å². The van der Waals surface area contributed by atoms with Crippen molar-refractivity contribution in [2.75, 3.05) is 19.0 Å². The van der Waals surface area contributed by atoms with Crippen LogP contribution in [0.15, 0.2) is 72.8 Å². The third kappa shape index (κ3) is 4.55. The Labute approximate surface area is 206 Å². The van der Waals surface area contributed by atoms with Gasteiger partial charge in [-0.25, -0.2) is 0 Å². The topological polar surface area (TPSA) is 3.24 Å². The molecule has 2 heteroatoms. The minimum atomic E-state index is 0.172. The van der Waals surface area contributed by atoms with Gasteiger partial charge >= 0.3 is 0 Å². The van der Waals surface area contributed by atoms with E-state index < -0.39 is 0 Å². The summed E-state index contributed by atoms with van der Waals surface area (Å²) in [7, 11) is 4.18. The van der Waals surface area contributed by atoms with E-state index in [1.54, 1.807) is 0 Å². The summed E-state index contributed by atoms with van der Waals surface area (Å²) in [5.74, 6) is 0. The Kier molecular flexibility index (Phi) is 6.71. The van der Waals surface area contributed by atoms with E-state index in [4.69, 9.17) is 0 Å². The van der Waals surface area contributed by atoms with Gasteiger partial charge in [0.1, 0.15) is 0 Å². The smallest absolute Gasteiger partial charge is 0.243 e. The highest BCUT2D eigenvalue weighted by Gasteiger charge is 2.30. The van der Waals surface area contributed by atoms with Crippen LogP contribution in [0.4, 0.5) is 5.69 Å². The minimum Gasteiger partial charge on any atom is -0.378 e. The Morgan fingerprint density at radius 1 is 0.559 bits per heavy atom. The highest BCUT2D eigenvalue weighted by Crippen LogP contribution is 2.23. The lowest BCUT2D eigenvalue weighted by Crippen LogP contribution is -2.56. The number of hydrogen-bond acceptors (Lipinski definition) is 1. The number of hydrogen-bond donors (Lipinski definition) is 0. The Morgan fingerprint density at radius 3 is 1.44 bits per heavy atom. The number of anilines is 1. The molecule has 172 valence electrons. The summed E-state index contributed by atoms with van der Waals surface area (Å²) in [4.78, 5) is 2.15. The second-order valence-electron chi connectivity index (χ2n) is 10.1. The zero-order valence-corrected chi connectivity index (χ0v) is 22.0. The van der Waals surface area contributed by atoms with Crippen LogP contribution in [0.5, 0.6) is 0 Å². The molecule has 0 saturated heterocycles. The first-order chi connectivity index (χ1) is 16.2. The van der Waals surface area contributed by atoms with Gasteiger partial charge in [-0.2, -0.15) is 0 Å². The molecule has 0 amide bonds. The van der Waals surface area contributed by atoms with Crippen LogP contribution in [0.2, 0.25) is 0 Å². The molecule has 0 N–H and O–H groups in total. The maximum Gasteiger partial charge on any atom is 0.243 e. The molecular weight excluding hydrogens is 409 g/mol. The van der Waals surface area contributed by atoms with Crippen LogP contribution < -0.4 is 21.3 Å². The van der Waals surface area contributed by atoms with Gasteiger partial charge in [0.2, 0.25) is 6.71 Å². The maximum atomic E-state index is 2.34. The van der Waals surface area contributed by atoms with Crippen molar-refractivity contribution in [1.29, 1.82) is 0 Å². The van der Waals surface area contributed by atoms with E-state index in [2.05, 4.69) is 133 Å². The molecular formula is C32H36BN. The molecule has 0 aliphatic rings. The largest absolute Gasteiger partial charge is 0.378 e. The van der Waals surface area contributed by atoms with Gasteiger partial charge in [-0.3, -0.25) is 0 Å². The van der Waals surface area contributed by atoms with Crippen molar-refractivity contribution in [3.8, 4) is 11.1 Å². The molecule has 34 heavy (non-hydrogen) atoms. The number of nitrogens with zero attached hydrogens (tertiary/aromatic N) is 1. The van der Waals surface area contributed by atoms with Gasteiger partial charge in [0, 0.05) is 19.8 Å². The molecule has 1 nitrogen and oxygen atoms in total. The summed E-state index contributed by atoms with van der Waals surface area (Å²) in [6.07, 6.45) is 0. The Bertz CT molecular complexity index is 1230. The molecule has 0 fully saturated rings. The van der Waals surface area contributed by atoms with Crippen LogP contribution in [-0.2, 0) is 0 Å². The molecule has 0 aliphatic carbocycles. The maximum absolute atomic E-state index is 2.34. The fourth-order valence-electron chi connectivity index (χ4n) is 5.70. The van der Waals surface area contributed by atoms with E-state index in [9.17, 15) is 0 Å². The van der Waals surface area contributed by atoms with E-state index in [0.717, 1.165) is 0 Å². The SMILES string of the molecule is Cc1cc(C)c(B(c2ccccc2-c2ccc(N(C)C)cc2)c2c(C)cc(C)cc2C)c(C)c1. The van der Waals surface area contributed by atoms with Crippen LogP contribution in [0.25, 0.3) is 11.1 Å². The van der Waals surface area contributed by atoms with Crippen molar-refractivity contribution in [3.05, 3.63) is 106 Å². The monoisotopic (exact) mass is 445 g/mol. The van der Waals surface area contributed by atoms with Gasteiger partial charge in [-0.05, 0) is 64.8 Å². The fraction of sp³-hybridized carbons (Fsp3) is 0.250. The fourth-order valence-corrected chi connectivity index (χ4v) is 5.70. The molecule has 0 spiro atoms. The van der Waals surface area contributed by atoms with Gasteiger partial charge in [0.05, 0.1) is 0 Å². The molecule has 0 aliphatic heterocycles. The summed E-state index contributed by atoms with van der Waals surface area (Å²) >= 11 is 0. The predicted molar refractivity (Wildman–Crippen MR) is 152 cm³/mol. The molecule has 0 radical (unpaired) electrons. The van der Waals surface area contributed by atoms with Gasteiger partial charge in [0.15, 0.2) is 0 Å². The first-order valence-corrected chi connectivity index (χ1v) is 12.2. The van der Waals surface area contributed by atoms with Gasteiger partial charge in [0.25, 0.3) is 0 Å². The molecule has 4 rings (SSSR count). The lowest BCUT2D eigenvalue weighted by molar-refractivity contribution is 1.13. The van der Waals surface area contributed by atoms with Crippen molar-refractivity contribution in [3.63, 3.8) is 0 Å². The summed E-state index contributed by atoms with van der Waals surface area (Å²) in [6, 6.07) is 27.3. The zero-order chi connectivity index (χ0) is 24.6. The lowest BCUT2D eigenvalue weighted by Gasteiger charge is -2.26. The van der Waals surface area contributed by atoms with E-state index in [1.807, 2.05) is 0 Å². The van der Waals surface area contributed by atoms with Crippen molar-refractivity contribution >= 4 is 28.8 Å². The molecule has 0 aromatic heterocycles. The quantitative estimate of drug-likeness (QED) is 0.352. The first kappa shape index (κ1) is 23.9. The summed E-state index contributed by atoms with van der Waals surface area (Å²) < 4.78 is 0. The molecule has 4 aromatic rings. The summed E-state index contributed by atoms with van der Waals surface area (Å²) in [5, 5.41) is 0. The second kappa shape index (κ2) is 9.54. The highest BCUT2D eigenvalue weighted by molar-refractivity contribution is 6.97. The molecule has 4 aromatic carbocycles. The first-order valence-electron chi connectivity index (χ1n) is 12.2. The molecule has 0 atom stereocenters. The summed E-state index contributed by atoms with van der Waals surface area (Å²) in [5.41, 5.74) is 16.1.